The highest BCUT2D eigenvalue weighted by atomic mass is 16.5. The maximum absolute atomic E-state index is 12.5. The van der Waals surface area contributed by atoms with Crippen LogP contribution >= 0.6 is 0 Å². The van der Waals surface area contributed by atoms with E-state index >= 15 is 0 Å². The summed E-state index contributed by atoms with van der Waals surface area (Å²) in [5.41, 5.74) is 1.96. The van der Waals surface area contributed by atoms with E-state index in [0.29, 0.717) is 16.9 Å². The summed E-state index contributed by atoms with van der Waals surface area (Å²) in [4.78, 5) is 23.4. The fourth-order valence-corrected chi connectivity index (χ4v) is 1.91. The minimum Gasteiger partial charge on any atom is -0.496 e. The molecule has 95 valence electrons. The van der Waals surface area contributed by atoms with Crippen molar-refractivity contribution in [2.45, 2.75) is 6.92 Å². The van der Waals surface area contributed by atoms with Gasteiger partial charge >= 0.3 is 0 Å². The molecular weight excluding hydrogens is 240 g/mol. The van der Waals surface area contributed by atoms with E-state index in [2.05, 4.69) is 0 Å². The highest BCUT2D eigenvalue weighted by Crippen LogP contribution is 2.23. The first-order valence-corrected chi connectivity index (χ1v) is 5.84. The van der Waals surface area contributed by atoms with Gasteiger partial charge in [0.2, 0.25) is 6.29 Å². The lowest BCUT2D eigenvalue weighted by Crippen LogP contribution is -2.07. The van der Waals surface area contributed by atoms with Crippen molar-refractivity contribution in [1.29, 1.82) is 0 Å². The van der Waals surface area contributed by atoms with E-state index in [1.165, 1.54) is 7.11 Å². The second-order valence-corrected chi connectivity index (χ2v) is 4.18. The number of benzene rings is 2. The fourth-order valence-electron chi connectivity index (χ4n) is 1.91. The molecule has 0 spiro atoms. The van der Waals surface area contributed by atoms with E-state index < -0.39 is 0 Å². The van der Waals surface area contributed by atoms with E-state index in [4.69, 9.17) is 4.74 Å². The first-order valence-electron chi connectivity index (χ1n) is 5.84. The SMILES string of the molecule is COc1ccccc1C(=O)c1cc(C)ccc1[C]=O. The van der Waals surface area contributed by atoms with Crippen molar-refractivity contribution in [2.24, 2.45) is 0 Å². The molecule has 0 N–H and O–H groups in total. The summed E-state index contributed by atoms with van der Waals surface area (Å²) in [5.74, 6) is 0.255. The van der Waals surface area contributed by atoms with Crippen LogP contribution in [0.2, 0.25) is 0 Å². The molecule has 0 amide bonds. The molecule has 19 heavy (non-hydrogen) atoms. The molecule has 0 bridgehead atoms. The molecule has 2 aromatic carbocycles. The molecule has 0 fully saturated rings. The van der Waals surface area contributed by atoms with Crippen LogP contribution in [-0.2, 0) is 4.79 Å². The smallest absolute Gasteiger partial charge is 0.234 e. The van der Waals surface area contributed by atoms with Gasteiger partial charge in [-0.15, -0.1) is 0 Å². The molecule has 0 aliphatic heterocycles. The van der Waals surface area contributed by atoms with Crippen molar-refractivity contribution in [1.82, 2.24) is 0 Å². The zero-order valence-corrected chi connectivity index (χ0v) is 10.8. The lowest BCUT2D eigenvalue weighted by Gasteiger charge is -2.09. The zero-order chi connectivity index (χ0) is 13.8. The molecule has 3 heteroatoms. The summed E-state index contributed by atoms with van der Waals surface area (Å²) in [6.45, 7) is 1.87. The van der Waals surface area contributed by atoms with Gasteiger partial charge in [0, 0.05) is 11.1 Å². The maximum atomic E-state index is 12.5. The van der Waals surface area contributed by atoms with Crippen LogP contribution in [0.15, 0.2) is 42.5 Å². The predicted molar refractivity (Wildman–Crippen MR) is 72.4 cm³/mol. The summed E-state index contributed by atoms with van der Waals surface area (Å²) in [7, 11) is 1.51. The van der Waals surface area contributed by atoms with Gasteiger partial charge in [-0.05, 0) is 31.2 Å². The minimum atomic E-state index is -0.237. The molecule has 0 saturated heterocycles. The number of carbonyl (C=O) groups is 1. The number of carbonyl (C=O) groups excluding carboxylic acids is 2. The molecule has 0 aliphatic carbocycles. The molecule has 1 radical (unpaired) electrons. The topological polar surface area (TPSA) is 43.4 Å². The number of rotatable bonds is 4. The van der Waals surface area contributed by atoms with Crippen LogP contribution in [0.3, 0.4) is 0 Å². The first kappa shape index (κ1) is 13.0. The van der Waals surface area contributed by atoms with E-state index in [1.54, 1.807) is 48.8 Å². The number of ether oxygens (including phenoxy) is 1. The van der Waals surface area contributed by atoms with Gasteiger partial charge in [-0.25, -0.2) is 0 Å². The molecule has 0 atom stereocenters. The molecule has 0 aliphatic rings. The Morgan fingerprint density at radius 2 is 1.84 bits per heavy atom. The number of aryl methyl sites for hydroxylation is 1. The standard InChI is InChI=1S/C16H13O3/c1-11-7-8-12(10-17)14(9-11)16(18)13-5-3-4-6-15(13)19-2/h3-9H,1-2H3. The molecule has 3 nitrogen and oxygen atoms in total. The Morgan fingerprint density at radius 3 is 2.53 bits per heavy atom. The summed E-state index contributed by atoms with van der Waals surface area (Å²) in [5, 5.41) is 0. The molecular formula is C16H13O3. The van der Waals surface area contributed by atoms with Crippen LogP contribution in [0.25, 0.3) is 0 Å². The van der Waals surface area contributed by atoms with Gasteiger partial charge in [0.1, 0.15) is 5.75 Å². The van der Waals surface area contributed by atoms with Gasteiger partial charge in [-0.3, -0.25) is 9.59 Å². The Kier molecular flexibility index (Phi) is 3.76. The van der Waals surface area contributed by atoms with E-state index in [9.17, 15) is 9.59 Å². The average molecular weight is 253 g/mol. The van der Waals surface area contributed by atoms with Crippen molar-refractivity contribution >= 4 is 12.1 Å². The second kappa shape index (κ2) is 5.48. The van der Waals surface area contributed by atoms with Gasteiger partial charge in [0.05, 0.1) is 12.7 Å². The second-order valence-electron chi connectivity index (χ2n) is 4.18. The van der Waals surface area contributed by atoms with Gasteiger partial charge in [-0.1, -0.05) is 23.8 Å². The van der Waals surface area contributed by atoms with Crippen LogP contribution in [-0.4, -0.2) is 19.2 Å². The molecule has 0 saturated carbocycles. The number of hydrogen-bond donors (Lipinski definition) is 0. The lowest BCUT2D eigenvalue weighted by molar-refractivity contribution is 0.103. The van der Waals surface area contributed by atoms with Crippen molar-refractivity contribution in [2.75, 3.05) is 7.11 Å². The van der Waals surface area contributed by atoms with Crippen LogP contribution in [0.4, 0.5) is 0 Å². The Hall–Kier alpha value is -2.42. The molecule has 0 unspecified atom stereocenters. The Bertz CT molecular complexity index is 630. The Morgan fingerprint density at radius 1 is 1.11 bits per heavy atom. The number of para-hydroxylation sites is 1. The fraction of sp³-hybridized carbons (Fsp3) is 0.125. The predicted octanol–water partition coefficient (Wildman–Crippen LogP) is 2.69. The Balaban J connectivity index is 2.55. The van der Waals surface area contributed by atoms with Crippen LogP contribution in [0, 0.1) is 6.92 Å². The third-order valence-electron chi connectivity index (χ3n) is 2.88. The normalized spacial score (nSPS) is 10.0. The summed E-state index contributed by atoms with van der Waals surface area (Å²) < 4.78 is 5.17. The highest BCUT2D eigenvalue weighted by molar-refractivity contribution is 6.14. The summed E-state index contributed by atoms with van der Waals surface area (Å²) >= 11 is 0. The van der Waals surface area contributed by atoms with Gasteiger partial charge < -0.3 is 4.74 Å². The Labute approximate surface area is 111 Å². The van der Waals surface area contributed by atoms with Crippen molar-refractivity contribution in [3.8, 4) is 5.75 Å². The zero-order valence-electron chi connectivity index (χ0n) is 10.8. The van der Waals surface area contributed by atoms with Gasteiger partial charge in [-0.2, -0.15) is 0 Å². The van der Waals surface area contributed by atoms with Gasteiger partial charge in [0.15, 0.2) is 5.78 Å². The molecule has 0 heterocycles. The lowest BCUT2D eigenvalue weighted by atomic mass is 9.96. The van der Waals surface area contributed by atoms with E-state index in [1.807, 2.05) is 6.92 Å². The quantitative estimate of drug-likeness (QED) is 0.787. The van der Waals surface area contributed by atoms with Crippen LogP contribution in [0.1, 0.15) is 27.0 Å². The average Bonchev–Trinajstić information content (AvgIpc) is 2.46. The monoisotopic (exact) mass is 253 g/mol. The first-order chi connectivity index (χ1) is 9.17. The third kappa shape index (κ3) is 2.55. The van der Waals surface area contributed by atoms with E-state index in [-0.39, 0.29) is 11.3 Å². The van der Waals surface area contributed by atoms with Crippen LogP contribution < -0.4 is 4.74 Å². The number of ketones is 1. The molecule has 2 rings (SSSR count). The maximum Gasteiger partial charge on any atom is 0.234 e. The largest absolute Gasteiger partial charge is 0.496 e. The molecule has 2 aromatic rings. The van der Waals surface area contributed by atoms with E-state index in [0.717, 1.165) is 5.56 Å². The number of methoxy groups -OCH3 is 1. The van der Waals surface area contributed by atoms with Crippen molar-refractivity contribution in [3.05, 3.63) is 64.7 Å². The summed E-state index contributed by atoms with van der Waals surface area (Å²) in [6, 6.07) is 12.0. The van der Waals surface area contributed by atoms with Crippen LogP contribution in [0.5, 0.6) is 5.75 Å². The highest BCUT2D eigenvalue weighted by Gasteiger charge is 2.17. The van der Waals surface area contributed by atoms with Gasteiger partial charge in [0.25, 0.3) is 0 Å². The number of hydrogen-bond acceptors (Lipinski definition) is 3. The van der Waals surface area contributed by atoms with Crippen molar-refractivity contribution in [3.63, 3.8) is 0 Å². The van der Waals surface area contributed by atoms with Crippen molar-refractivity contribution < 1.29 is 14.3 Å². The molecule has 0 aromatic heterocycles. The summed E-state index contributed by atoms with van der Waals surface area (Å²) in [6.07, 6.45) is 1.80. The third-order valence-corrected chi connectivity index (χ3v) is 2.88. The minimum absolute atomic E-state index is 0.237.